The van der Waals surface area contributed by atoms with Crippen LogP contribution in [0.2, 0.25) is 13.1 Å². The van der Waals surface area contributed by atoms with E-state index in [4.69, 9.17) is 17.0 Å². The number of benzene rings is 3. The van der Waals surface area contributed by atoms with E-state index in [1.54, 1.807) is 10.4 Å². The Morgan fingerprint density at radius 3 is 1.97 bits per heavy atom. The van der Waals surface area contributed by atoms with Crippen LogP contribution >= 0.6 is 17.0 Å². The molecule has 0 fully saturated rings. The second kappa shape index (κ2) is 8.52. The molecule has 4 heteroatoms. The van der Waals surface area contributed by atoms with Crippen molar-refractivity contribution in [3.05, 3.63) is 84.4 Å². The van der Waals surface area contributed by atoms with Gasteiger partial charge in [0.25, 0.3) is 0 Å². The van der Waals surface area contributed by atoms with Crippen LogP contribution in [0.3, 0.4) is 0 Å². The minimum absolute atomic E-state index is 0.826. The summed E-state index contributed by atoms with van der Waals surface area (Å²) in [4.78, 5) is 0. The van der Waals surface area contributed by atoms with E-state index in [0.717, 1.165) is 0 Å². The van der Waals surface area contributed by atoms with Gasteiger partial charge >= 0.3 is 37.9 Å². The molecule has 0 heterocycles. The van der Waals surface area contributed by atoms with E-state index in [-0.39, 0.29) is 0 Å². The number of rotatable bonds is 2. The van der Waals surface area contributed by atoms with Crippen molar-refractivity contribution in [2.24, 2.45) is 0 Å². The number of halogens is 2. The van der Waals surface area contributed by atoms with Crippen LogP contribution in [-0.4, -0.2) is 8.07 Å². The van der Waals surface area contributed by atoms with Gasteiger partial charge in [-0.15, -0.1) is 78.6 Å². The Morgan fingerprint density at radius 2 is 1.38 bits per heavy atom. The average Bonchev–Trinajstić information content (AvgIpc) is 3.25. The molecule has 0 aromatic heterocycles. The molecule has 0 unspecified atom stereocenters. The number of fused-ring (bicyclic) bond motifs is 4. The topological polar surface area (TPSA) is 0 Å². The van der Waals surface area contributed by atoms with E-state index < -0.39 is 28.9 Å². The van der Waals surface area contributed by atoms with Gasteiger partial charge in [0.05, 0.1) is 0 Å². The summed E-state index contributed by atoms with van der Waals surface area (Å²) in [6.45, 7) is 7.22. The van der Waals surface area contributed by atoms with Gasteiger partial charge in [0.1, 0.15) is 0 Å². The third-order valence-corrected chi connectivity index (χ3v) is 9.45. The van der Waals surface area contributed by atoms with Gasteiger partial charge in [0.15, 0.2) is 0 Å². The summed E-state index contributed by atoms with van der Waals surface area (Å²) in [6.07, 6.45) is 0. The molecule has 0 aliphatic heterocycles. The van der Waals surface area contributed by atoms with Crippen molar-refractivity contribution in [3.63, 3.8) is 0 Å². The second-order valence-corrected chi connectivity index (χ2v) is 16.0. The van der Waals surface area contributed by atoms with Crippen molar-refractivity contribution in [2.45, 2.75) is 20.0 Å². The predicted octanol–water partition coefficient (Wildman–Crippen LogP) is 7.09. The summed E-state index contributed by atoms with van der Waals surface area (Å²) in [5.74, 6) is 0. The van der Waals surface area contributed by atoms with Gasteiger partial charge in [-0.3, -0.25) is 0 Å². The quantitative estimate of drug-likeness (QED) is 0.175. The molecule has 0 aliphatic rings. The van der Waals surface area contributed by atoms with Crippen LogP contribution in [0.5, 0.6) is 0 Å². The summed E-state index contributed by atoms with van der Waals surface area (Å²) < 4.78 is 0. The monoisotopic (exact) mass is 510 g/mol. The zero-order valence-electron chi connectivity index (χ0n) is 16.8. The average molecular weight is 513 g/mol. The second-order valence-electron chi connectivity index (χ2n) is 8.00. The molecule has 0 atom stereocenters. The Bertz CT molecular complexity index is 1240. The van der Waals surface area contributed by atoms with E-state index in [1.807, 2.05) is 0 Å². The van der Waals surface area contributed by atoms with Crippen molar-refractivity contribution >= 4 is 67.8 Å². The summed E-state index contributed by atoms with van der Waals surface area (Å²) >= 11 is -0.826. The molecule has 5 rings (SSSR count). The number of aryl methyl sites for hydroxylation is 1. The maximum atomic E-state index is 4.93. The molecule has 144 valence electrons. The molecular formula is C25H22Cl2SiZr. The van der Waals surface area contributed by atoms with E-state index in [2.05, 4.69) is 98.9 Å². The Morgan fingerprint density at radius 1 is 0.828 bits per heavy atom. The maximum absolute atomic E-state index is 4.93. The van der Waals surface area contributed by atoms with Gasteiger partial charge < -0.3 is 0 Å². The Kier molecular flexibility index (Phi) is 6.19. The Labute approximate surface area is 191 Å². The summed E-state index contributed by atoms with van der Waals surface area (Å²) in [6, 6.07) is 29.4. The van der Waals surface area contributed by atoms with Crippen LogP contribution in [-0.2, 0) is 20.8 Å². The Balaban J connectivity index is 0.000000645. The van der Waals surface area contributed by atoms with Crippen LogP contribution in [0.15, 0.2) is 78.9 Å². The first-order valence-electron chi connectivity index (χ1n) is 9.68. The molecule has 0 aliphatic carbocycles. The molecule has 5 aromatic carbocycles. The summed E-state index contributed by atoms with van der Waals surface area (Å²) in [7, 11) is 7.98. The van der Waals surface area contributed by atoms with Crippen LogP contribution in [0.4, 0.5) is 0 Å². The molecule has 0 nitrogen and oxygen atoms in total. The number of hydrogen-bond acceptors (Lipinski definition) is 0. The fourth-order valence-electron chi connectivity index (χ4n) is 4.75. The van der Waals surface area contributed by atoms with Gasteiger partial charge in [-0.25, -0.2) is 0 Å². The molecule has 0 amide bonds. The zero-order valence-corrected chi connectivity index (χ0v) is 21.7. The zero-order chi connectivity index (χ0) is 20.6. The molecule has 5 aromatic rings. The molecule has 29 heavy (non-hydrogen) atoms. The standard InChI is InChI=1S/C25H22Si.2ClH.Zr/c1-17-15-18-9-8-14-24(23(18)16-17)26(2,3)25-21-12-6-4-10-19(21)20-11-5-7-13-22(20)25;;;/h4-16H,1-3H3;2*1H;/q-2;;;+4/p-2. The molecule has 0 N–H and O–H groups in total. The first kappa shape index (κ1) is 21.1. The van der Waals surface area contributed by atoms with Crippen molar-refractivity contribution in [2.75, 3.05) is 0 Å². The van der Waals surface area contributed by atoms with Gasteiger partial charge in [-0.05, 0) is 0 Å². The van der Waals surface area contributed by atoms with Crippen molar-refractivity contribution in [3.8, 4) is 0 Å². The SMILES string of the molecule is Cc1cc2cccc([Si](C)(C)[c-]3c4ccccc4c4ccccc43)c2[cH-]1.[Cl][Zr+2][Cl]. The third kappa shape index (κ3) is 3.70. The molecule has 0 saturated heterocycles. The van der Waals surface area contributed by atoms with Gasteiger partial charge in [0.2, 0.25) is 0 Å². The van der Waals surface area contributed by atoms with E-state index in [1.165, 1.54) is 37.9 Å². The van der Waals surface area contributed by atoms with Crippen LogP contribution in [0.1, 0.15) is 5.56 Å². The summed E-state index contributed by atoms with van der Waals surface area (Å²) in [5, 5.41) is 11.6. The normalized spacial score (nSPS) is 11.5. The van der Waals surface area contributed by atoms with Gasteiger partial charge in [-0.1, -0.05) is 62.5 Å². The fraction of sp³-hybridized carbons (Fsp3) is 0.120. The minimum atomic E-state index is -1.88. The first-order valence-corrected chi connectivity index (χ1v) is 19.0. The van der Waals surface area contributed by atoms with E-state index >= 15 is 0 Å². The predicted molar refractivity (Wildman–Crippen MR) is 130 cm³/mol. The molecule has 0 spiro atoms. The van der Waals surface area contributed by atoms with Crippen LogP contribution < -0.4 is 10.4 Å². The van der Waals surface area contributed by atoms with E-state index in [9.17, 15) is 0 Å². The molecule has 0 radical (unpaired) electrons. The van der Waals surface area contributed by atoms with Gasteiger partial charge in [0, 0.05) is 8.07 Å². The first-order chi connectivity index (χ1) is 14.0. The van der Waals surface area contributed by atoms with Crippen LogP contribution in [0.25, 0.3) is 32.3 Å². The third-order valence-electron chi connectivity index (χ3n) is 5.88. The molecular weight excluding hydrogens is 490 g/mol. The van der Waals surface area contributed by atoms with Crippen molar-refractivity contribution < 1.29 is 20.8 Å². The number of hydrogen-bond donors (Lipinski definition) is 0. The van der Waals surface area contributed by atoms with E-state index in [0.29, 0.717) is 0 Å². The van der Waals surface area contributed by atoms with Gasteiger partial charge in [-0.2, -0.15) is 6.07 Å². The molecule has 0 saturated carbocycles. The van der Waals surface area contributed by atoms with Crippen molar-refractivity contribution in [1.29, 1.82) is 0 Å². The van der Waals surface area contributed by atoms with Crippen molar-refractivity contribution in [1.82, 2.24) is 0 Å². The Hall–Kier alpha value is -1.18. The fourth-order valence-corrected chi connectivity index (χ4v) is 8.21. The summed E-state index contributed by atoms with van der Waals surface area (Å²) in [5.41, 5.74) is 1.36. The molecule has 0 bridgehead atoms. The van der Waals surface area contributed by atoms with Crippen LogP contribution in [0, 0.1) is 6.92 Å².